The van der Waals surface area contributed by atoms with Crippen LogP contribution in [0.15, 0.2) is 47.6 Å². The summed E-state index contributed by atoms with van der Waals surface area (Å²) in [5, 5.41) is 4.38. The van der Waals surface area contributed by atoms with E-state index >= 15 is 0 Å². The monoisotopic (exact) mass is 353 g/mol. The van der Waals surface area contributed by atoms with E-state index in [1.807, 2.05) is 18.2 Å². The highest BCUT2D eigenvalue weighted by molar-refractivity contribution is 7.98. The predicted octanol–water partition coefficient (Wildman–Crippen LogP) is 5.58. The Balaban J connectivity index is 1.95. The van der Waals surface area contributed by atoms with Crippen LogP contribution in [-0.4, -0.2) is 22.8 Å². The number of aryl methyl sites for hydroxylation is 1. The van der Waals surface area contributed by atoms with Crippen LogP contribution in [0.4, 0.5) is 11.5 Å². The Morgan fingerprint density at radius 1 is 1.16 bits per heavy atom. The van der Waals surface area contributed by atoms with Gasteiger partial charge in [-0.05, 0) is 55.5 Å². The topological polar surface area (TPSA) is 47.0 Å². The number of anilines is 2. The van der Waals surface area contributed by atoms with Crippen molar-refractivity contribution in [2.75, 3.05) is 18.2 Å². The van der Waals surface area contributed by atoms with Crippen molar-refractivity contribution in [3.63, 3.8) is 0 Å². The number of hydrogen-bond acceptors (Lipinski definition) is 5. The highest BCUT2D eigenvalue weighted by atomic mass is 32.2. The van der Waals surface area contributed by atoms with E-state index in [-0.39, 0.29) is 0 Å². The van der Waals surface area contributed by atoms with Gasteiger partial charge in [0.05, 0.1) is 12.1 Å². The van der Waals surface area contributed by atoms with Crippen molar-refractivity contribution >= 4 is 34.2 Å². The molecule has 0 aliphatic carbocycles. The second kappa shape index (κ2) is 8.21. The van der Waals surface area contributed by atoms with E-state index in [0.717, 1.165) is 53.2 Å². The number of unbranched alkanes of at least 4 members (excludes halogenated alkanes) is 1. The molecule has 0 spiro atoms. The van der Waals surface area contributed by atoms with Crippen LogP contribution in [0.2, 0.25) is 0 Å². The highest BCUT2D eigenvalue weighted by Gasteiger charge is 2.09. The second-order valence-corrected chi connectivity index (χ2v) is 6.80. The molecule has 5 heteroatoms. The Hall–Kier alpha value is -2.27. The number of nitrogens with one attached hydrogen (secondary N) is 1. The molecular formula is C20H23N3OS. The van der Waals surface area contributed by atoms with Crippen molar-refractivity contribution < 1.29 is 4.74 Å². The van der Waals surface area contributed by atoms with Crippen LogP contribution >= 0.6 is 11.8 Å². The molecule has 0 unspecified atom stereocenters. The van der Waals surface area contributed by atoms with Crippen molar-refractivity contribution in [2.24, 2.45) is 0 Å². The molecule has 3 aromatic rings. The van der Waals surface area contributed by atoms with Crippen molar-refractivity contribution in [1.29, 1.82) is 0 Å². The molecule has 0 saturated carbocycles. The molecule has 3 rings (SSSR count). The fourth-order valence-corrected chi connectivity index (χ4v) is 3.07. The van der Waals surface area contributed by atoms with Gasteiger partial charge in [0.25, 0.3) is 0 Å². The highest BCUT2D eigenvalue weighted by Crippen LogP contribution is 2.30. The first kappa shape index (κ1) is 17.5. The third-order valence-electron chi connectivity index (χ3n) is 4.02. The number of rotatable bonds is 7. The maximum absolute atomic E-state index is 5.94. The fraction of sp³-hybridized carbons (Fsp3) is 0.300. The number of aromatic nitrogens is 2. The summed E-state index contributed by atoms with van der Waals surface area (Å²) in [6.45, 7) is 4.95. The number of thioether (sulfide) groups is 1. The predicted molar refractivity (Wildman–Crippen MR) is 106 cm³/mol. The van der Waals surface area contributed by atoms with Crippen LogP contribution in [0.1, 0.15) is 25.3 Å². The summed E-state index contributed by atoms with van der Waals surface area (Å²) in [7, 11) is 0. The van der Waals surface area contributed by atoms with Gasteiger partial charge in [-0.25, -0.2) is 9.97 Å². The Morgan fingerprint density at radius 2 is 2.04 bits per heavy atom. The number of fused-ring (bicyclic) bond motifs is 1. The summed E-state index contributed by atoms with van der Waals surface area (Å²) >= 11 is 1.72. The van der Waals surface area contributed by atoms with Crippen LogP contribution in [0, 0.1) is 6.92 Å². The zero-order valence-corrected chi connectivity index (χ0v) is 15.7. The quantitative estimate of drug-likeness (QED) is 0.443. The zero-order chi connectivity index (χ0) is 17.6. The third-order valence-corrected chi connectivity index (χ3v) is 4.75. The standard InChI is InChI=1S/C20H23N3OS/c1-4-5-9-24-19-12-17-18(10-14(19)2)21-13-22-20(17)23-15-7-6-8-16(11-15)25-3/h6-8,10-13H,4-5,9H2,1-3H3,(H,21,22,23). The lowest BCUT2D eigenvalue weighted by Gasteiger charge is -2.13. The summed E-state index contributed by atoms with van der Waals surface area (Å²) in [4.78, 5) is 10.1. The van der Waals surface area contributed by atoms with Crippen LogP contribution in [0.5, 0.6) is 5.75 Å². The Bertz CT molecular complexity index is 867. The van der Waals surface area contributed by atoms with Crippen LogP contribution in [0.3, 0.4) is 0 Å². The molecule has 130 valence electrons. The van der Waals surface area contributed by atoms with Gasteiger partial charge in [-0.3, -0.25) is 0 Å². The molecule has 1 N–H and O–H groups in total. The number of ether oxygens (including phenoxy) is 1. The number of hydrogen-bond donors (Lipinski definition) is 1. The summed E-state index contributed by atoms with van der Waals surface area (Å²) in [5.74, 6) is 1.69. The van der Waals surface area contributed by atoms with Gasteiger partial charge in [-0.2, -0.15) is 0 Å². The van der Waals surface area contributed by atoms with E-state index in [4.69, 9.17) is 4.74 Å². The zero-order valence-electron chi connectivity index (χ0n) is 14.9. The molecule has 0 aliphatic rings. The molecule has 25 heavy (non-hydrogen) atoms. The Labute approximate surface area is 153 Å². The lowest BCUT2D eigenvalue weighted by atomic mass is 10.1. The Kier molecular flexibility index (Phi) is 5.76. The SMILES string of the molecule is CCCCOc1cc2c(Nc3cccc(SC)c3)ncnc2cc1C. The number of nitrogens with zero attached hydrogens (tertiary/aromatic N) is 2. The normalized spacial score (nSPS) is 10.8. The first-order valence-electron chi connectivity index (χ1n) is 8.50. The number of benzene rings is 2. The maximum atomic E-state index is 5.94. The molecule has 0 atom stereocenters. The summed E-state index contributed by atoms with van der Waals surface area (Å²) in [6, 6.07) is 12.4. The van der Waals surface area contributed by atoms with Gasteiger partial charge in [0, 0.05) is 16.0 Å². The van der Waals surface area contributed by atoms with E-state index in [0.29, 0.717) is 0 Å². The molecule has 0 aliphatic heterocycles. The summed E-state index contributed by atoms with van der Waals surface area (Å²) in [6.07, 6.45) is 5.84. The average Bonchev–Trinajstić information content (AvgIpc) is 2.63. The van der Waals surface area contributed by atoms with E-state index < -0.39 is 0 Å². The average molecular weight is 353 g/mol. The van der Waals surface area contributed by atoms with Gasteiger partial charge >= 0.3 is 0 Å². The summed E-state index contributed by atoms with van der Waals surface area (Å²) < 4.78 is 5.94. The summed E-state index contributed by atoms with van der Waals surface area (Å²) in [5.41, 5.74) is 3.03. The van der Waals surface area contributed by atoms with E-state index in [1.54, 1.807) is 18.1 Å². The first-order valence-corrected chi connectivity index (χ1v) is 9.73. The van der Waals surface area contributed by atoms with E-state index in [9.17, 15) is 0 Å². The van der Waals surface area contributed by atoms with E-state index in [1.165, 1.54) is 4.90 Å². The molecular weight excluding hydrogens is 330 g/mol. The van der Waals surface area contributed by atoms with Gasteiger partial charge in [-0.15, -0.1) is 11.8 Å². The van der Waals surface area contributed by atoms with Gasteiger partial charge in [0.2, 0.25) is 0 Å². The minimum atomic E-state index is 0.731. The molecule has 4 nitrogen and oxygen atoms in total. The maximum Gasteiger partial charge on any atom is 0.141 e. The van der Waals surface area contributed by atoms with Gasteiger partial charge in [0.1, 0.15) is 17.9 Å². The van der Waals surface area contributed by atoms with Crippen molar-refractivity contribution in [1.82, 2.24) is 9.97 Å². The molecule has 0 bridgehead atoms. The van der Waals surface area contributed by atoms with Crippen LogP contribution in [-0.2, 0) is 0 Å². The minimum Gasteiger partial charge on any atom is -0.493 e. The molecule has 0 fully saturated rings. The molecule has 0 amide bonds. The lowest BCUT2D eigenvalue weighted by molar-refractivity contribution is 0.308. The van der Waals surface area contributed by atoms with Crippen LogP contribution in [0.25, 0.3) is 10.9 Å². The van der Waals surface area contributed by atoms with Crippen molar-refractivity contribution in [2.45, 2.75) is 31.6 Å². The Morgan fingerprint density at radius 3 is 2.84 bits per heavy atom. The van der Waals surface area contributed by atoms with Gasteiger partial charge in [-0.1, -0.05) is 19.4 Å². The minimum absolute atomic E-state index is 0.731. The smallest absolute Gasteiger partial charge is 0.141 e. The van der Waals surface area contributed by atoms with Gasteiger partial charge < -0.3 is 10.1 Å². The third kappa shape index (κ3) is 4.23. The molecule has 1 heterocycles. The lowest BCUT2D eigenvalue weighted by Crippen LogP contribution is -2.00. The molecule has 1 aromatic heterocycles. The van der Waals surface area contributed by atoms with Gasteiger partial charge in [0.15, 0.2) is 0 Å². The molecule has 0 saturated heterocycles. The largest absolute Gasteiger partial charge is 0.493 e. The second-order valence-electron chi connectivity index (χ2n) is 5.92. The molecule has 2 aromatic carbocycles. The molecule has 0 radical (unpaired) electrons. The fourth-order valence-electron chi connectivity index (χ4n) is 2.61. The van der Waals surface area contributed by atoms with Crippen LogP contribution < -0.4 is 10.1 Å². The van der Waals surface area contributed by atoms with E-state index in [2.05, 4.69) is 53.6 Å². The van der Waals surface area contributed by atoms with Crippen molar-refractivity contribution in [3.8, 4) is 5.75 Å². The van der Waals surface area contributed by atoms with Crippen molar-refractivity contribution in [3.05, 3.63) is 48.3 Å². The first-order chi connectivity index (χ1) is 12.2.